The van der Waals surface area contributed by atoms with Crippen molar-refractivity contribution in [1.82, 2.24) is 14.8 Å². The first-order chi connectivity index (χ1) is 12.4. The number of likely N-dealkylation sites (tertiary alicyclic amines) is 1. The summed E-state index contributed by atoms with van der Waals surface area (Å²) in [7, 11) is 0. The van der Waals surface area contributed by atoms with E-state index in [1.807, 2.05) is 37.8 Å². The maximum Gasteiger partial charge on any atom is 0.410 e. The lowest BCUT2D eigenvalue weighted by atomic mass is 9.95. The minimum absolute atomic E-state index is 0.183. The first-order valence-electron chi connectivity index (χ1n) is 9.71. The van der Waals surface area contributed by atoms with Crippen LogP contribution >= 0.6 is 0 Å². The summed E-state index contributed by atoms with van der Waals surface area (Å²) in [6.07, 6.45) is 8.28. The molecule has 3 aliphatic heterocycles. The van der Waals surface area contributed by atoms with E-state index in [0.717, 1.165) is 31.7 Å². The highest BCUT2D eigenvalue weighted by molar-refractivity contribution is 5.69. The molecule has 3 fully saturated rings. The summed E-state index contributed by atoms with van der Waals surface area (Å²) >= 11 is 0. The van der Waals surface area contributed by atoms with Gasteiger partial charge in [-0.25, -0.2) is 4.79 Å². The van der Waals surface area contributed by atoms with E-state index in [9.17, 15) is 4.79 Å². The molecule has 0 aliphatic carbocycles. The zero-order valence-corrected chi connectivity index (χ0v) is 15.9. The summed E-state index contributed by atoms with van der Waals surface area (Å²) < 4.78 is 11.7. The second-order valence-corrected chi connectivity index (χ2v) is 8.77. The lowest BCUT2D eigenvalue weighted by molar-refractivity contribution is -0.0489. The average Bonchev–Trinajstić information content (AvgIpc) is 2.76. The fourth-order valence-electron chi connectivity index (χ4n) is 4.58. The van der Waals surface area contributed by atoms with E-state index in [-0.39, 0.29) is 12.2 Å². The molecule has 2 atom stereocenters. The molecule has 1 aromatic heterocycles. The number of ether oxygens (including phenoxy) is 2. The van der Waals surface area contributed by atoms with Gasteiger partial charge in [-0.3, -0.25) is 9.88 Å². The molecule has 2 bridgehead atoms. The van der Waals surface area contributed by atoms with Crippen LogP contribution in [0, 0.1) is 0 Å². The summed E-state index contributed by atoms with van der Waals surface area (Å²) in [6, 6.07) is 5.48. The average molecular weight is 359 g/mol. The van der Waals surface area contributed by atoms with Crippen LogP contribution in [0.1, 0.15) is 46.5 Å². The van der Waals surface area contributed by atoms with Crippen LogP contribution < -0.4 is 4.74 Å². The molecule has 3 aliphatic rings. The molecule has 2 unspecified atom stereocenters. The van der Waals surface area contributed by atoms with E-state index in [2.05, 4.69) is 9.88 Å². The van der Waals surface area contributed by atoms with Crippen molar-refractivity contribution in [1.29, 1.82) is 0 Å². The van der Waals surface area contributed by atoms with Gasteiger partial charge in [0, 0.05) is 43.6 Å². The molecule has 26 heavy (non-hydrogen) atoms. The fraction of sp³-hybridized carbons (Fsp3) is 0.700. The summed E-state index contributed by atoms with van der Waals surface area (Å²) in [5.74, 6) is 0.914. The van der Waals surface area contributed by atoms with E-state index in [0.29, 0.717) is 18.1 Å². The van der Waals surface area contributed by atoms with E-state index in [1.165, 1.54) is 12.8 Å². The van der Waals surface area contributed by atoms with Crippen LogP contribution in [0.4, 0.5) is 4.79 Å². The molecule has 142 valence electrons. The molecule has 1 aromatic rings. The van der Waals surface area contributed by atoms with Crippen molar-refractivity contribution in [3.63, 3.8) is 0 Å². The lowest BCUT2D eigenvalue weighted by Crippen LogP contribution is -2.65. The summed E-state index contributed by atoms with van der Waals surface area (Å²) in [4.78, 5) is 20.7. The maximum atomic E-state index is 12.2. The summed E-state index contributed by atoms with van der Waals surface area (Å²) in [5, 5.41) is 0. The lowest BCUT2D eigenvalue weighted by Gasteiger charge is -2.50. The Morgan fingerprint density at radius 3 is 2.27 bits per heavy atom. The molecule has 3 saturated heterocycles. The van der Waals surface area contributed by atoms with Gasteiger partial charge in [0.1, 0.15) is 17.5 Å². The monoisotopic (exact) mass is 359 g/mol. The molecular weight excluding hydrogens is 330 g/mol. The molecule has 0 spiro atoms. The molecule has 0 radical (unpaired) electrons. The predicted molar refractivity (Wildman–Crippen MR) is 98.1 cm³/mol. The van der Waals surface area contributed by atoms with Gasteiger partial charge < -0.3 is 14.4 Å². The van der Waals surface area contributed by atoms with Gasteiger partial charge in [-0.05, 0) is 58.6 Å². The Morgan fingerprint density at radius 1 is 1.08 bits per heavy atom. The Labute approximate surface area is 155 Å². The molecule has 4 heterocycles. The second kappa shape index (κ2) is 6.72. The number of aromatic nitrogens is 1. The standard InChI is InChI=1S/C20H29N3O3/c1-20(2,3)26-19(24)22-12-16(13-22)23-14-4-5-15(23)11-18(10-14)25-17-6-8-21-9-7-17/h6-9,14-16,18H,4-5,10-13H2,1-3H3. The zero-order chi connectivity index (χ0) is 18.3. The number of pyridine rings is 1. The first-order valence-corrected chi connectivity index (χ1v) is 9.71. The van der Waals surface area contributed by atoms with Gasteiger partial charge in [0.15, 0.2) is 0 Å². The number of piperidine rings is 1. The smallest absolute Gasteiger partial charge is 0.410 e. The Bertz CT molecular complexity index is 625. The largest absolute Gasteiger partial charge is 0.490 e. The van der Waals surface area contributed by atoms with Crippen molar-refractivity contribution >= 4 is 6.09 Å². The SMILES string of the molecule is CC(C)(C)OC(=O)N1CC(N2C3CCC2CC(Oc2ccncc2)C3)C1. The third kappa shape index (κ3) is 3.65. The van der Waals surface area contributed by atoms with Gasteiger partial charge in [0.25, 0.3) is 0 Å². The van der Waals surface area contributed by atoms with Gasteiger partial charge in [0.05, 0.1) is 0 Å². The Balaban J connectivity index is 1.30. The Hall–Kier alpha value is -1.82. The molecular formula is C20H29N3O3. The Morgan fingerprint density at radius 2 is 1.69 bits per heavy atom. The van der Waals surface area contributed by atoms with Crippen LogP contribution in [0.2, 0.25) is 0 Å². The van der Waals surface area contributed by atoms with E-state index < -0.39 is 5.60 Å². The van der Waals surface area contributed by atoms with Crippen molar-refractivity contribution in [2.24, 2.45) is 0 Å². The quantitative estimate of drug-likeness (QED) is 0.830. The topological polar surface area (TPSA) is 54.9 Å². The molecule has 0 N–H and O–H groups in total. The van der Waals surface area contributed by atoms with Gasteiger partial charge in [0.2, 0.25) is 0 Å². The van der Waals surface area contributed by atoms with Gasteiger partial charge in [-0.15, -0.1) is 0 Å². The van der Waals surface area contributed by atoms with Crippen molar-refractivity contribution in [2.45, 2.75) is 76.3 Å². The molecule has 4 rings (SSSR count). The van der Waals surface area contributed by atoms with Gasteiger partial charge >= 0.3 is 6.09 Å². The third-order valence-electron chi connectivity index (χ3n) is 5.63. The van der Waals surface area contributed by atoms with Crippen LogP contribution in [0.25, 0.3) is 0 Å². The number of carbonyl (C=O) groups is 1. The zero-order valence-electron chi connectivity index (χ0n) is 15.9. The van der Waals surface area contributed by atoms with Crippen LogP contribution in [0.15, 0.2) is 24.5 Å². The number of amides is 1. The van der Waals surface area contributed by atoms with Crippen LogP contribution in [-0.4, -0.2) is 63.8 Å². The van der Waals surface area contributed by atoms with Crippen molar-refractivity contribution in [2.75, 3.05) is 13.1 Å². The molecule has 6 nitrogen and oxygen atoms in total. The molecule has 0 saturated carbocycles. The number of nitrogens with zero attached hydrogens (tertiary/aromatic N) is 3. The fourth-order valence-corrected chi connectivity index (χ4v) is 4.58. The highest BCUT2D eigenvalue weighted by Crippen LogP contribution is 2.40. The molecule has 0 aromatic carbocycles. The van der Waals surface area contributed by atoms with E-state index in [1.54, 1.807) is 12.4 Å². The van der Waals surface area contributed by atoms with Crippen LogP contribution in [-0.2, 0) is 4.74 Å². The van der Waals surface area contributed by atoms with Crippen LogP contribution in [0.5, 0.6) is 5.75 Å². The number of carbonyl (C=O) groups excluding carboxylic acids is 1. The minimum atomic E-state index is -0.427. The van der Waals surface area contributed by atoms with Gasteiger partial charge in [-0.1, -0.05) is 0 Å². The molecule has 1 amide bonds. The van der Waals surface area contributed by atoms with Crippen molar-refractivity contribution in [3.05, 3.63) is 24.5 Å². The number of hydrogen-bond donors (Lipinski definition) is 0. The number of hydrogen-bond acceptors (Lipinski definition) is 5. The minimum Gasteiger partial charge on any atom is -0.490 e. The highest BCUT2D eigenvalue weighted by Gasteiger charge is 2.48. The van der Waals surface area contributed by atoms with Gasteiger partial charge in [-0.2, -0.15) is 0 Å². The third-order valence-corrected chi connectivity index (χ3v) is 5.63. The summed E-state index contributed by atoms with van der Waals surface area (Å²) in [5.41, 5.74) is -0.427. The Kier molecular flexibility index (Phi) is 4.55. The number of rotatable bonds is 3. The number of fused-ring (bicyclic) bond motifs is 2. The first kappa shape index (κ1) is 17.6. The van der Waals surface area contributed by atoms with Crippen LogP contribution in [0.3, 0.4) is 0 Å². The highest BCUT2D eigenvalue weighted by atomic mass is 16.6. The van der Waals surface area contributed by atoms with E-state index >= 15 is 0 Å². The van der Waals surface area contributed by atoms with Crippen molar-refractivity contribution < 1.29 is 14.3 Å². The normalized spacial score (nSPS) is 29.3. The summed E-state index contributed by atoms with van der Waals surface area (Å²) in [6.45, 7) is 7.32. The van der Waals surface area contributed by atoms with Crippen molar-refractivity contribution in [3.8, 4) is 5.75 Å². The van der Waals surface area contributed by atoms with E-state index in [4.69, 9.17) is 9.47 Å². The molecule has 6 heteroatoms. The second-order valence-electron chi connectivity index (χ2n) is 8.77. The maximum absolute atomic E-state index is 12.2. The predicted octanol–water partition coefficient (Wildman–Crippen LogP) is 3.08.